The predicted octanol–water partition coefficient (Wildman–Crippen LogP) is 3.53. The molecule has 1 aromatic carbocycles. The van der Waals surface area contributed by atoms with Crippen molar-refractivity contribution in [2.24, 2.45) is 0 Å². The van der Waals surface area contributed by atoms with Gasteiger partial charge in [0.15, 0.2) is 0 Å². The summed E-state index contributed by atoms with van der Waals surface area (Å²) in [5.41, 5.74) is 3.50. The van der Waals surface area contributed by atoms with Crippen molar-refractivity contribution >= 4 is 22.6 Å². The number of halogens is 2. The summed E-state index contributed by atoms with van der Waals surface area (Å²) in [5.74, 6) is -0.0334. The van der Waals surface area contributed by atoms with Gasteiger partial charge in [0, 0.05) is 18.7 Å². The average Bonchev–Trinajstić information content (AvgIpc) is 2.29. The third kappa shape index (κ3) is 2.25. The SMILES string of the molecule is CCc1ccc(F)c2c1CCN(C(C)I)C2. The Labute approximate surface area is 110 Å². The minimum absolute atomic E-state index is 0.0334. The van der Waals surface area contributed by atoms with Crippen LogP contribution in [0.25, 0.3) is 0 Å². The first kappa shape index (κ1) is 12.3. The van der Waals surface area contributed by atoms with Crippen LogP contribution in [0.4, 0.5) is 4.39 Å². The third-order valence-corrected chi connectivity index (χ3v) is 4.15. The number of hydrogen-bond acceptors (Lipinski definition) is 1. The van der Waals surface area contributed by atoms with Gasteiger partial charge in [-0.05, 0) is 37.0 Å². The topological polar surface area (TPSA) is 3.24 Å². The van der Waals surface area contributed by atoms with Crippen molar-refractivity contribution in [1.82, 2.24) is 4.90 Å². The largest absolute Gasteiger partial charge is 0.287 e. The zero-order valence-electron chi connectivity index (χ0n) is 9.76. The van der Waals surface area contributed by atoms with Crippen LogP contribution in [0.2, 0.25) is 0 Å². The summed E-state index contributed by atoms with van der Waals surface area (Å²) in [5, 5.41) is 0. The van der Waals surface area contributed by atoms with E-state index in [1.807, 2.05) is 6.07 Å². The first-order valence-corrected chi connectivity index (χ1v) is 7.05. The second-order valence-corrected chi connectivity index (χ2v) is 6.11. The summed E-state index contributed by atoms with van der Waals surface area (Å²) in [7, 11) is 0. The molecule has 2 rings (SSSR count). The molecular weight excluding hydrogens is 316 g/mol. The van der Waals surface area contributed by atoms with Gasteiger partial charge in [0.25, 0.3) is 0 Å². The molecule has 1 aromatic rings. The molecule has 0 amide bonds. The van der Waals surface area contributed by atoms with Crippen molar-refractivity contribution in [3.8, 4) is 0 Å². The van der Waals surface area contributed by atoms with E-state index in [2.05, 4.69) is 41.3 Å². The van der Waals surface area contributed by atoms with Gasteiger partial charge in [0.05, 0.1) is 4.05 Å². The number of alkyl halides is 1. The van der Waals surface area contributed by atoms with E-state index in [0.29, 0.717) is 4.05 Å². The molecule has 0 fully saturated rings. The number of benzene rings is 1. The molecule has 1 unspecified atom stereocenters. The van der Waals surface area contributed by atoms with Gasteiger partial charge in [-0.25, -0.2) is 4.39 Å². The quantitative estimate of drug-likeness (QED) is 0.455. The maximum Gasteiger partial charge on any atom is 0.127 e. The molecule has 88 valence electrons. The normalized spacial score (nSPS) is 18.2. The second-order valence-electron chi connectivity index (χ2n) is 4.31. The Bertz CT molecular complexity index is 390. The minimum Gasteiger partial charge on any atom is -0.287 e. The summed E-state index contributed by atoms with van der Waals surface area (Å²) in [6.45, 7) is 6.11. The van der Waals surface area contributed by atoms with E-state index in [1.165, 1.54) is 11.1 Å². The molecule has 1 aliphatic rings. The van der Waals surface area contributed by atoms with Crippen LogP contribution >= 0.6 is 22.6 Å². The van der Waals surface area contributed by atoms with Crippen molar-refractivity contribution in [2.75, 3.05) is 6.54 Å². The van der Waals surface area contributed by atoms with Gasteiger partial charge >= 0.3 is 0 Å². The van der Waals surface area contributed by atoms with Crippen LogP contribution in [0.15, 0.2) is 12.1 Å². The molecule has 0 radical (unpaired) electrons. The van der Waals surface area contributed by atoms with E-state index < -0.39 is 0 Å². The lowest BCUT2D eigenvalue weighted by Gasteiger charge is -2.32. The van der Waals surface area contributed by atoms with Crippen molar-refractivity contribution in [3.63, 3.8) is 0 Å². The molecule has 1 aliphatic heterocycles. The number of fused-ring (bicyclic) bond motifs is 1. The molecule has 1 heterocycles. The van der Waals surface area contributed by atoms with Gasteiger partial charge in [-0.3, -0.25) is 4.90 Å². The fourth-order valence-corrected chi connectivity index (χ4v) is 2.84. The summed E-state index contributed by atoms with van der Waals surface area (Å²) in [4.78, 5) is 2.32. The van der Waals surface area contributed by atoms with Crippen LogP contribution in [0.5, 0.6) is 0 Å². The Hall–Kier alpha value is -0.160. The Kier molecular flexibility index (Phi) is 3.85. The summed E-state index contributed by atoms with van der Waals surface area (Å²) in [6.07, 6.45) is 1.99. The monoisotopic (exact) mass is 333 g/mol. The Morgan fingerprint density at radius 2 is 2.19 bits per heavy atom. The molecule has 0 spiro atoms. The van der Waals surface area contributed by atoms with Crippen molar-refractivity contribution in [1.29, 1.82) is 0 Å². The van der Waals surface area contributed by atoms with Crippen LogP contribution in [-0.2, 0) is 19.4 Å². The van der Waals surface area contributed by atoms with Crippen molar-refractivity contribution in [3.05, 3.63) is 34.6 Å². The van der Waals surface area contributed by atoms with Crippen LogP contribution in [0, 0.1) is 5.82 Å². The molecule has 0 saturated carbocycles. The van der Waals surface area contributed by atoms with Gasteiger partial charge in [-0.1, -0.05) is 35.6 Å². The molecule has 0 aliphatic carbocycles. The molecule has 0 saturated heterocycles. The van der Waals surface area contributed by atoms with Crippen LogP contribution in [0.3, 0.4) is 0 Å². The highest BCUT2D eigenvalue weighted by Gasteiger charge is 2.23. The van der Waals surface area contributed by atoms with Gasteiger partial charge in [0.2, 0.25) is 0 Å². The Balaban J connectivity index is 2.37. The second kappa shape index (κ2) is 5.00. The van der Waals surface area contributed by atoms with E-state index in [1.54, 1.807) is 6.07 Å². The highest BCUT2D eigenvalue weighted by Crippen LogP contribution is 2.27. The zero-order chi connectivity index (χ0) is 11.7. The van der Waals surface area contributed by atoms with E-state index in [0.717, 1.165) is 31.5 Å². The molecule has 3 heteroatoms. The van der Waals surface area contributed by atoms with Crippen LogP contribution in [-0.4, -0.2) is 15.5 Å². The summed E-state index contributed by atoms with van der Waals surface area (Å²) >= 11 is 2.39. The standard InChI is InChI=1S/C13H17FIN/c1-3-10-4-5-13(14)12-8-16(9(2)15)7-6-11(10)12/h4-5,9H,3,6-8H2,1-2H3. The first-order chi connectivity index (χ1) is 7.63. The predicted molar refractivity (Wildman–Crippen MR) is 73.4 cm³/mol. The lowest BCUT2D eigenvalue weighted by molar-refractivity contribution is 0.251. The van der Waals surface area contributed by atoms with E-state index in [4.69, 9.17) is 0 Å². The van der Waals surface area contributed by atoms with Crippen molar-refractivity contribution in [2.45, 2.75) is 37.3 Å². The summed E-state index contributed by atoms with van der Waals surface area (Å²) < 4.78 is 14.3. The molecule has 0 N–H and O–H groups in total. The molecule has 0 bridgehead atoms. The van der Waals surface area contributed by atoms with E-state index in [-0.39, 0.29) is 5.82 Å². The molecule has 16 heavy (non-hydrogen) atoms. The van der Waals surface area contributed by atoms with E-state index >= 15 is 0 Å². The Morgan fingerprint density at radius 3 is 2.81 bits per heavy atom. The number of aryl methyl sites for hydroxylation is 1. The van der Waals surface area contributed by atoms with Gasteiger partial charge in [-0.15, -0.1) is 0 Å². The smallest absolute Gasteiger partial charge is 0.127 e. The fraction of sp³-hybridized carbons (Fsp3) is 0.538. The zero-order valence-corrected chi connectivity index (χ0v) is 11.9. The third-order valence-electron chi connectivity index (χ3n) is 3.37. The Morgan fingerprint density at radius 1 is 1.44 bits per heavy atom. The molecule has 1 atom stereocenters. The van der Waals surface area contributed by atoms with Gasteiger partial charge in [-0.2, -0.15) is 0 Å². The first-order valence-electron chi connectivity index (χ1n) is 5.80. The maximum atomic E-state index is 13.8. The minimum atomic E-state index is -0.0334. The fourth-order valence-electron chi connectivity index (χ4n) is 2.37. The van der Waals surface area contributed by atoms with Crippen LogP contribution < -0.4 is 0 Å². The molecule has 0 aromatic heterocycles. The highest BCUT2D eigenvalue weighted by molar-refractivity contribution is 14.1. The van der Waals surface area contributed by atoms with Crippen molar-refractivity contribution < 1.29 is 4.39 Å². The molecular formula is C13H17FIN. The number of nitrogens with zero attached hydrogens (tertiary/aromatic N) is 1. The lowest BCUT2D eigenvalue weighted by Crippen LogP contribution is -2.35. The lowest BCUT2D eigenvalue weighted by atomic mass is 9.93. The summed E-state index contributed by atoms with van der Waals surface area (Å²) in [6, 6.07) is 3.57. The number of rotatable bonds is 2. The van der Waals surface area contributed by atoms with E-state index in [9.17, 15) is 4.39 Å². The van der Waals surface area contributed by atoms with Gasteiger partial charge in [0.1, 0.15) is 5.82 Å². The maximum absolute atomic E-state index is 13.8. The number of hydrogen-bond donors (Lipinski definition) is 0. The van der Waals surface area contributed by atoms with Gasteiger partial charge < -0.3 is 0 Å². The molecule has 1 nitrogen and oxygen atoms in total. The highest BCUT2D eigenvalue weighted by atomic mass is 127. The average molecular weight is 333 g/mol. The van der Waals surface area contributed by atoms with Crippen LogP contribution in [0.1, 0.15) is 30.5 Å².